The van der Waals surface area contributed by atoms with Crippen molar-refractivity contribution in [3.8, 4) is 16.9 Å². The van der Waals surface area contributed by atoms with Crippen molar-refractivity contribution in [2.75, 3.05) is 7.11 Å². The highest BCUT2D eigenvalue weighted by molar-refractivity contribution is 5.90. The third-order valence-electron chi connectivity index (χ3n) is 2.81. The van der Waals surface area contributed by atoms with Gasteiger partial charge in [0.1, 0.15) is 0 Å². The lowest BCUT2D eigenvalue weighted by Crippen LogP contribution is -2.00. The summed E-state index contributed by atoms with van der Waals surface area (Å²) < 4.78 is 4.59. The first-order valence-electron chi connectivity index (χ1n) is 5.69. The lowest BCUT2D eigenvalue weighted by Gasteiger charge is -2.04. The predicted octanol–water partition coefficient (Wildman–Crippen LogP) is 2.75. The van der Waals surface area contributed by atoms with Crippen LogP contribution in [0.1, 0.15) is 10.4 Å². The average molecular weight is 273 g/mol. The van der Waals surface area contributed by atoms with Gasteiger partial charge in [0.2, 0.25) is 0 Å². The minimum absolute atomic E-state index is 0.347. The van der Waals surface area contributed by atoms with Crippen LogP contribution in [0.2, 0.25) is 0 Å². The fourth-order valence-electron chi connectivity index (χ4n) is 1.77. The number of methoxy groups -OCH3 is 1. The second kappa shape index (κ2) is 5.40. The number of nitrogens with zero attached hydrogens (tertiary/aromatic N) is 1. The van der Waals surface area contributed by atoms with E-state index in [-0.39, 0.29) is 5.69 Å². The number of nitro groups is 1. The maximum absolute atomic E-state index is 11.3. The quantitative estimate of drug-likeness (QED) is 0.527. The number of hydrogen-bond donors (Lipinski definition) is 1. The van der Waals surface area contributed by atoms with E-state index in [4.69, 9.17) is 0 Å². The predicted molar refractivity (Wildman–Crippen MR) is 71.5 cm³/mol. The maximum Gasteiger partial charge on any atom is 0.337 e. The molecule has 0 aliphatic rings. The molecule has 0 bridgehead atoms. The monoisotopic (exact) mass is 273 g/mol. The Morgan fingerprint density at radius 1 is 1.15 bits per heavy atom. The van der Waals surface area contributed by atoms with E-state index in [1.54, 1.807) is 24.3 Å². The van der Waals surface area contributed by atoms with Crippen molar-refractivity contribution in [3.05, 3.63) is 58.1 Å². The second-order valence-corrected chi connectivity index (χ2v) is 4.03. The van der Waals surface area contributed by atoms with E-state index in [0.717, 1.165) is 5.56 Å². The van der Waals surface area contributed by atoms with Crippen LogP contribution in [0.4, 0.5) is 5.69 Å². The summed E-state index contributed by atoms with van der Waals surface area (Å²) in [6, 6.07) is 10.6. The number of nitro benzene ring substituents is 1. The third kappa shape index (κ3) is 2.59. The number of aromatic hydroxyl groups is 1. The third-order valence-corrected chi connectivity index (χ3v) is 2.81. The number of ether oxygens (including phenoxy) is 1. The van der Waals surface area contributed by atoms with E-state index < -0.39 is 16.6 Å². The number of benzene rings is 2. The zero-order valence-corrected chi connectivity index (χ0v) is 10.6. The Bertz CT molecular complexity index is 664. The fraction of sp³-hybridized carbons (Fsp3) is 0.0714. The van der Waals surface area contributed by atoms with Gasteiger partial charge in [0.15, 0.2) is 5.75 Å². The van der Waals surface area contributed by atoms with Crippen molar-refractivity contribution in [1.82, 2.24) is 0 Å². The van der Waals surface area contributed by atoms with Crippen LogP contribution in [0, 0.1) is 10.1 Å². The number of carbonyl (C=O) groups is 1. The summed E-state index contributed by atoms with van der Waals surface area (Å²) in [7, 11) is 1.30. The Balaban J connectivity index is 2.35. The number of phenols is 1. The first-order valence-corrected chi connectivity index (χ1v) is 5.69. The van der Waals surface area contributed by atoms with Crippen LogP contribution in [-0.4, -0.2) is 23.1 Å². The van der Waals surface area contributed by atoms with Gasteiger partial charge in [0.25, 0.3) is 0 Å². The smallest absolute Gasteiger partial charge is 0.337 e. The van der Waals surface area contributed by atoms with Gasteiger partial charge in [-0.1, -0.05) is 12.1 Å². The summed E-state index contributed by atoms with van der Waals surface area (Å²) in [5.41, 5.74) is 1.40. The van der Waals surface area contributed by atoms with Gasteiger partial charge in [-0.15, -0.1) is 0 Å². The maximum atomic E-state index is 11.3. The Kier molecular flexibility index (Phi) is 3.65. The Morgan fingerprint density at radius 2 is 1.75 bits per heavy atom. The van der Waals surface area contributed by atoms with Crippen LogP contribution >= 0.6 is 0 Å². The average Bonchev–Trinajstić information content (AvgIpc) is 2.46. The summed E-state index contributed by atoms with van der Waals surface area (Å²) in [6.07, 6.45) is 0. The molecular formula is C14H11NO5. The van der Waals surface area contributed by atoms with Crippen LogP contribution < -0.4 is 0 Å². The number of rotatable bonds is 3. The van der Waals surface area contributed by atoms with E-state index in [1.165, 1.54) is 25.3 Å². The number of hydrogen-bond acceptors (Lipinski definition) is 5. The molecule has 6 nitrogen and oxygen atoms in total. The highest BCUT2D eigenvalue weighted by Gasteiger charge is 2.13. The molecule has 0 fully saturated rings. The zero-order chi connectivity index (χ0) is 14.7. The molecule has 102 valence electrons. The molecule has 0 radical (unpaired) electrons. The number of carbonyl (C=O) groups excluding carboxylic acids is 1. The lowest BCUT2D eigenvalue weighted by atomic mass is 10.0. The van der Waals surface area contributed by atoms with Crippen molar-refractivity contribution in [2.24, 2.45) is 0 Å². The van der Waals surface area contributed by atoms with E-state index in [2.05, 4.69) is 4.74 Å². The van der Waals surface area contributed by atoms with Crippen LogP contribution in [0.5, 0.6) is 5.75 Å². The van der Waals surface area contributed by atoms with Gasteiger partial charge in [-0.25, -0.2) is 4.79 Å². The molecule has 20 heavy (non-hydrogen) atoms. The molecule has 0 spiro atoms. The van der Waals surface area contributed by atoms with Gasteiger partial charge >= 0.3 is 11.7 Å². The summed E-state index contributed by atoms with van der Waals surface area (Å²) in [5, 5.41) is 20.2. The van der Waals surface area contributed by atoms with E-state index in [1.807, 2.05) is 0 Å². The molecule has 0 aliphatic heterocycles. The number of phenolic OH excluding ortho intramolecular Hbond substituents is 1. The molecule has 2 rings (SSSR count). The summed E-state index contributed by atoms with van der Waals surface area (Å²) >= 11 is 0. The largest absolute Gasteiger partial charge is 0.502 e. The molecule has 0 unspecified atom stereocenters. The summed E-state index contributed by atoms with van der Waals surface area (Å²) in [4.78, 5) is 21.3. The SMILES string of the molecule is COC(=O)c1ccc(-c2ccc([N+](=O)[O-])c(O)c2)cc1. The van der Waals surface area contributed by atoms with Gasteiger partial charge in [0, 0.05) is 6.07 Å². The lowest BCUT2D eigenvalue weighted by molar-refractivity contribution is -0.385. The molecule has 0 heterocycles. The second-order valence-electron chi connectivity index (χ2n) is 4.03. The zero-order valence-electron chi connectivity index (χ0n) is 10.6. The van der Waals surface area contributed by atoms with Crippen LogP contribution in [0.15, 0.2) is 42.5 Å². The van der Waals surface area contributed by atoms with Crippen molar-refractivity contribution in [3.63, 3.8) is 0 Å². The van der Waals surface area contributed by atoms with Crippen molar-refractivity contribution >= 4 is 11.7 Å². The molecular weight excluding hydrogens is 262 g/mol. The summed E-state index contributed by atoms with van der Waals surface area (Å²) in [5.74, 6) is -0.840. The van der Waals surface area contributed by atoms with Gasteiger partial charge in [-0.05, 0) is 35.4 Å². The highest BCUT2D eigenvalue weighted by atomic mass is 16.6. The van der Waals surface area contributed by atoms with E-state index >= 15 is 0 Å². The molecule has 1 N–H and O–H groups in total. The van der Waals surface area contributed by atoms with Gasteiger partial charge in [-0.3, -0.25) is 10.1 Å². The fourth-order valence-corrected chi connectivity index (χ4v) is 1.77. The van der Waals surface area contributed by atoms with Crippen LogP contribution in [0.25, 0.3) is 11.1 Å². The molecule has 2 aromatic carbocycles. The Labute approximate surface area is 114 Å². The summed E-state index contributed by atoms with van der Waals surface area (Å²) in [6.45, 7) is 0. The van der Waals surface area contributed by atoms with Gasteiger partial charge < -0.3 is 9.84 Å². The topological polar surface area (TPSA) is 89.7 Å². The first kappa shape index (κ1) is 13.5. The first-order chi connectivity index (χ1) is 9.52. The van der Waals surface area contributed by atoms with E-state index in [0.29, 0.717) is 11.1 Å². The Hall–Kier alpha value is -2.89. The van der Waals surface area contributed by atoms with Crippen molar-refractivity contribution in [2.45, 2.75) is 0 Å². The molecule has 0 aliphatic carbocycles. The molecule has 2 aromatic rings. The molecule has 6 heteroatoms. The number of esters is 1. The Morgan fingerprint density at radius 3 is 2.25 bits per heavy atom. The molecule has 0 amide bonds. The van der Waals surface area contributed by atoms with Crippen LogP contribution in [-0.2, 0) is 4.74 Å². The standard InChI is InChI=1S/C14H11NO5/c1-20-14(17)10-4-2-9(3-5-10)11-6-7-12(15(18)19)13(16)8-11/h2-8,16H,1H3. The van der Waals surface area contributed by atoms with E-state index in [9.17, 15) is 20.0 Å². The van der Waals surface area contributed by atoms with Crippen molar-refractivity contribution < 1.29 is 19.6 Å². The molecule has 0 aromatic heterocycles. The molecule has 0 saturated carbocycles. The molecule has 0 atom stereocenters. The van der Waals surface area contributed by atoms with Crippen LogP contribution in [0.3, 0.4) is 0 Å². The van der Waals surface area contributed by atoms with Crippen molar-refractivity contribution in [1.29, 1.82) is 0 Å². The normalized spacial score (nSPS) is 10.1. The molecule has 0 saturated heterocycles. The highest BCUT2D eigenvalue weighted by Crippen LogP contribution is 2.31. The van der Waals surface area contributed by atoms with Gasteiger partial charge in [0.05, 0.1) is 17.6 Å². The van der Waals surface area contributed by atoms with Gasteiger partial charge in [-0.2, -0.15) is 0 Å². The minimum atomic E-state index is -0.653. The minimum Gasteiger partial charge on any atom is -0.502 e.